The Balaban J connectivity index is 1.88. The van der Waals surface area contributed by atoms with Crippen LogP contribution in [0.5, 0.6) is 5.75 Å². The van der Waals surface area contributed by atoms with Gasteiger partial charge < -0.3 is 15.2 Å². The number of hydrogen-bond donors (Lipinski definition) is 2. The number of methoxy groups -OCH3 is 1. The van der Waals surface area contributed by atoms with Gasteiger partial charge in [0.15, 0.2) is 5.78 Å². The number of carbonyl (C=O) groups is 3. The maximum atomic E-state index is 12.1. The van der Waals surface area contributed by atoms with Gasteiger partial charge in [-0.25, -0.2) is 9.78 Å². The number of rotatable bonds is 8. The van der Waals surface area contributed by atoms with Crippen LogP contribution in [0.4, 0.5) is 0 Å². The molecule has 1 amide bonds. The zero-order valence-electron chi connectivity index (χ0n) is 14.7. The summed E-state index contributed by atoms with van der Waals surface area (Å²) in [6, 6.07) is 6.29. The van der Waals surface area contributed by atoms with Crippen molar-refractivity contribution in [3.05, 3.63) is 45.4 Å². The Hall–Kier alpha value is -2.74. The summed E-state index contributed by atoms with van der Waals surface area (Å²) in [5.74, 6) is -0.791. The van der Waals surface area contributed by atoms with Gasteiger partial charge >= 0.3 is 5.97 Å². The number of thiazole rings is 1. The van der Waals surface area contributed by atoms with Crippen molar-refractivity contribution in [3.8, 4) is 5.75 Å². The number of carboxylic acids is 1. The summed E-state index contributed by atoms with van der Waals surface area (Å²) < 4.78 is 5.04. The molecule has 0 aliphatic carbocycles. The number of nitrogens with zero attached hydrogens (tertiary/aromatic N) is 1. The number of benzene rings is 1. The van der Waals surface area contributed by atoms with Crippen LogP contribution < -0.4 is 10.1 Å². The number of Topliss-reactive ketones (excluding diaryl/α,β-unsaturated/α-hetero) is 1. The minimum atomic E-state index is -1.03. The minimum Gasteiger partial charge on any atom is -0.497 e. The number of aryl methyl sites for hydroxylation is 1. The molecule has 2 aromatic rings. The fraction of sp³-hybridized carbons (Fsp3) is 0.333. The molecule has 7 nitrogen and oxygen atoms in total. The molecule has 0 saturated carbocycles. The van der Waals surface area contributed by atoms with Crippen LogP contribution in [0, 0.1) is 6.92 Å². The van der Waals surface area contributed by atoms with Crippen molar-refractivity contribution < 1.29 is 24.2 Å². The number of amides is 1. The molecule has 1 heterocycles. The standard InChI is InChI=1S/C18H20N2O5S/c1-10-16(18(23)24)26-17(20-10)11(2)19-15(22)9-8-14(21)12-4-6-13(25-3)7-5-12/h4-7,11H,8-9H2,1-3H3,(H,19,22)(H,23,24). The highest BCUT2D eigenvalue weighted by Gasteiger charge is 2.19. The zero-order valence-corrected chi connectivity index (χ0v) is 15.6. The van der Waals surface area contributed by atoms with E-state index in [0.717, 1.165) is 11.3 Å². The predicted molar refractivity (Wildman–Crippen MR) is 96.9 cm³/mol. The topological polar surface area (TPSA) is 106 Å². The molecule has 8 heteroatoms. The third kappa shape index (κ3) is 4.89. The molecule has 1 unspecified atom stereocenters. The van der Waals surface area contributed by atoms with Gasteiger partial charge in [0.25, 0.3) is 0 Å². The van der Waals surface area contributed by atoms with Crippen molar-refractivity contribution in [1.82, 2.24) is 10.3 Å². The van der Waals surface area contributed by atoms with Crippen molar-refractivity contribution in [2.24, 2.45) is 0 Å². The molecule has 1 aromatic heterocycles. The van der Waals surface area contributed by atoms with E-state index in [1.54, 1.807) is 45.2 Å². The van der Waals surface area contributed by atoms with E-state index in [1.165, 1.54) is 0 Å². The van der Waals surface area contributed by atoms with E-state index in [-0.39, 0.29) is 29.4 Å². The lowest BCUT2D eigenvalue weighted by Gasteiger charge is -2.11. The van der Waals surface area contributed by atoms with E-state index in [0.29, 0.717) is 22.0 Å². The molecule has 2 N–H and O–H groups in total. The first-order chi connectivity index (χ1) is 12.3. The van der Waals surface area contributed by atoms with Gasteiger partial charge in [-0.15, -0.1) is 11.3 Å². The Kier molecular flexibility index (Phi) is 6.46. The van der Waals surface area contributed by atoms with Gasteiger partial charge in [0, 0.05) is 18.4 Å². The van der Waals surface area contributed by atoms with Crippen LogP contribution in [0.3, 0.4) is 0 Å². The first kappa shape index (κ1) is 19.6. The number of ketones is 1. The number of aromatic nitrogens is 1. The lowest BCUT2D eigenvalue weighted by molar-refractivity contribution is -0.121. The van der Waals surface area contributed by atoms with Gasteiger partial charge in [-0.1, -0.05) is 0 Å². The molecule has 0 saturated heterocycles. The number of aromatic carboxylic acids is 1. The smallest absolute Gasteiger partial charge is 0.347 e. The first-order valence-electron chi connectivity index (χ1n) is 7.99. The minimum absolute atomic E-state index is 0.0470. The molecule has 0 bridgehead atoms. The van der Waals surface area contributed by atoms with Crippen molar-refractivity contribution in [2.45, 2.75) is 32.7 Å². The Morgan fingerprint density at radius 3 is 2.42 bits per heavy atom. The van der Waals surface area contributed by atoms with Crippen LogP contribution in [0.25, 0.3) is 0 Å². The van der Waals surface area contributed by atoms with Crippen molar-refractivity contribution in [3.63, 3.8) is 0 Å². The molecule has 0 aliphatic heterocycles. The Labute approximate surface area is 155 Å². The van der Waals surface area contributed by atoms with Crippen LogP contribution in [-0.4, -0.2) is 34.9 Å². The second-order valence-corrected chi connectivity index (χ2v) is 6.74. The van der Waals surface area contributed by atoms with Crippen LogP contribution in [0.1, 0.15) is 56.5 Å². The van der Waals surface area contributed by atoms with Gasteiger partial charge in [0.2, 0.25) is 5.91 Å². The molecule has 0 radical (unpaired) electrons. The molecule has 0 spiro atoms. The molecule has 0 fully saturated rings. The van der Waals surface area contributed by atoms with Gasteiger partial charge in [0.05, 0.1) is 18.8 Å². The molecule has 1 atom stereocenters. The van der Waals surface area contributed by atoms with E-state index in [1.807, 2.05) is 0 Å². The second kappa shape index (κ2) is 8.57. The Morgan fingerprint density at radius 1 is 1.23 bits per heavy atom. The third-order valence-corrected chi connectivity index (χ3v) is 5.07. The van der Waals surface area contributed by atoms with Crippen LogP contribution in [0.15, 0.2) is 24.3 Å². The third-order valence-electron chi connectivity index (χ3n) is 3.75. The maximum absolute atomic E-state index is 12.1. The van der Waals surface area contributed by atoms with Crippen LogP contribution in [0.2, 0.25) is 0 Å². The van der Waals surface area contributed by atoms with Crippen LogP contribution in [-0.2, 0) is 4.79 Å². The van der Waals surface area contributed by atoms with E-state index in [2.05, 4.69) is 10.3 Å². The molecule has 1 aromatic carbocycles. The summed E-state index contributed by atoms with van der Waals surface area (Å²) in [7, 11) is 1.55. The van der Waals surface area contributed by atoms with Crippen LogP contribution >= 0.6 is 11.3 Å². The summed E-state index contributed by atoms with van der Waals surface area (Å²) in [4.78, 5) is 39.6. The number of hydrogen-bond acceptors (Lipinski definition) is 6. The summed E-state index contributed by atoms with van der Waals surface area (Å²) in [6.45, 7) is 3.35. The van der Waals surface area contributed by atoms with E-state index < -0.39 is 12.0 Å². The largest absolute Gasteiger partial charge is 0.497 e. The number of nitrogens with one attached hydrogen (secondary N) is 1. The number of carboxylic acid groups (broad SMARTS) is 1. The summed E-state index contributed by atoms with van der Waals surface area (Å²) in [5, 5.41) is 12.3. The van der Waals surface area contributed by atoms with Gasteiger partial charge in [-0.3, -0.25) is 9.59 Å². The molecule has 26 heavy (non-hydrogen) atoms. The lowest BCUT2D eigenvalue weighted by Crippen LogP contribution is -2.26. The van der Waals surface area contributed by atoms with E-state index >= 15 is 0 Å². The first-order valence-corrected chi connectivity index (χ1v) is 8.80. The highest BCUT2D eigenvalue weighted by molar-refractivity contribution is 7.13. The normalized spacial score (nSPS) is 11.7. The molecule has 0 aliphatic rings. The predicted octanol–water partition coefficient (Wildman–Crippen LogP) is 3.00. The molecular formula is C18H20N2O5S. The Morgan fingerprint density at radius 2 is 1.88 bits per heavy atom. The molecule has 2 rings (SSSR count). The quantitative estimate of drug-likeness (QED) is 0.686. The maximum Gasteiger partial charge on any atom is 0.347 e. The lowest BCUT2D eigenvalue weighted by atomic mass is 10.1. The highest BCUT2D eigenvalue weighted by atomic mass is 32.1. The fourth-order valence-electron chi connectivity index (χ4n) is 2.32. The summed E-state index contributed by atoms with van der Waals surface area (Å²) in [6.07, 6.45) is 0.132. The highest BCUT2D eigenvalue weighted by Crippen LogP contribution is 2.23. The molecule has 138 valence electrons. The average Bonchev–Trinajstić information content (AvgIpc) is 3.02. The zero-order chi connectivity index (χ0) is 19.3. The fourth-order valence-corrected chi connectivity index (χ4v) is 3.23. The Bertz CT molecular complexity index is 813. The van der Waals surface area contributed by atoms with Crippen molar-refractivity contribution in [2.75, 3.05) is 7.11 Å². The van der Waals surface area contributed by atoms with Gasteiger partial charge in [-0.05, 0) is 38.1 Å². The second-order valence-electron chi connectivity index (χ2n) is 5.71. The number of ether oxygens (including phenoxy) is 1. The van der Waals surface area contributed by atoms with E-state index in [9.17, 15) is 14.4 Å². The van der Waals surface area contributed by atoms with E-state index in [4.69, 9.17) is 9.84 Å². The van der Waals surface area contributed by atoms with Gasteiger partial charge in [-0.2, -0.15) is 0 Å². The van der Waals surface area contributed by atoms with Crippen molar-refractivity contribution >= 4 is 29.0 Å². The number of carbonyl (C=O) groups excluding carboxylic acids is 2. The molecular weight excluding hydrogens is 356 g/mol. The van der Waals surface area contributed by atoms with Crippen molar-refractivity contribution in [1.29, 1.82) is 0 Å². The average molecular weight is 376 g/mol. The SMILES string of the molecule is COc1ccc(C(=O)CCC(=O)NC(C)c2nc(C)c(C(=O)O)s2)cc1. The monoisotopic (exact) mass is 376 g/mol. The van der Waals surface area contributed by atoms with Gasteiger partial charge in [0.1, 0.15) is 15.6 Å². The summed E-state index contributed by atoms with van der Waals surface area (Å²) >= 11 is 1.04. The summed E-state index contributed by atoms with van der Waals surface area (Å²) in [5.41, 5.74) is 0.946.